The van der Waals surface area contributed by atoms with Crippen LogP contribution in [0.1, 0.15) is 122 Å². The zero-order valence-electron chi connectivity index (χ0n) is 29.8. The zero-order valence-corrected chi connectivity index (χ0v) is 29.8. The summed E-state index contributed by atoms with van der Waals surface area (Å²) in [7, 11) is 1.64. The fourth-order valence-electron chi connectivity index (χ4n) is 13.2. The summed E-state index contributed by atoms with van der Waals surface area (Å²) < 4.78 is 0. The first-order chi connectivity index (χ1) is 21.5. The number of carboxylic acid groups (broad SMARTS) is 1. The maximum Gasteiger partial charge on any atom is 0.335 e. The normalized spacial score (nSPS) is 41.2. The summed E-state index contributed by atoms with van der Waals surface area (Å²) in [6, 6.07) is 7.53. The smallest absolute Gasteiger partial charge is 0.335 e. The minimum absolute atomic E-state index is 0.00649. The fourth-order valence-corrected chi connectivity index (χ4v) is 13.2. The van der Waals surface area contributed by atoms with E-state index in [1.807, 2.05) is 12.1 Å². The van der Waals surface area contributed by atoms with Gasteiger partial charge in [0.2, 0.25) is 5.91 Å². The van der Waals surface area contributed by atoms with Crippen LogP contribution < -0.4 is 5.32 Å². The highest BCUT2D eigenvalue weighted by atomic mass is 16.5. The lowest BCUT2D eigenvalue weighted by molar-refractivity contribution is -0.227. The zero-order chi connectivity index (χ0) is 33.4. The molecule has 1 amide bonds. The second kappa shape index (κ2) is 11.5. The van der Waals surface area contributed by atoms with Crippen LogP contribution in [0.15, 0.2) is 30.3 Å². The van der Waals surface area contributed by atoms with Crippen LogP contribution in [0.25, 0.3) is 5.57 Å². The molecule has 0 saturated heterocycles. The third kappa shape index (κ3) is 4.77. The Morgan fingerprint density at radius 1 is 0.913 bits per heavy atom. The molecule has 5 aliphatic rings. The molecule has 0 aliphatic heterocycles. The molecule has 1 aromatic rings. The van der Waals surface area contributed by atoms with Gasteiger partial charge >= 0.3 is 5.97 Å². The van der Waals surface area contributed by atoms with Crippen molar-refractivity contribution in [1.29, 1.82) is 0 Å². The molecule has 0 unspecified atom stereocenters. The number of fused-ring (bicyclic) bond motifs is 7. The van der Waals surface area contributed by atoms with Crippen molar-refractivity contribution in [2.75, 3.05) is 20.1 Å². The van der Waals surface area contributed by atoms with E-state index < -0.39 is 5.97 Å². The number of carbonyl (C=O) groups is 2. The summed E-state index contributed by atoms with van der Waals surface area (Å²) >= 11 is 0. The minimum Gasteiger partial charge on any atom is -0.478 e. The van der Waals surface area contributed by atoms with Gasteiger partial charge in [-0.2, -0.15) is 5.06 Å². The monoisotopic (exact) mass is 632 g/mol. The summed E-state index contributed by atoms with van der Waals surface area (Å²) in [6.07, 6.45) is 12.8. The largest absolute Gasteiger partial charge is 0.478 e. The van der Waals surface area contributed by atoms with E-state index in [4.69, 9.17) is 0 Å². The molecule has 46 heavy (non-hydrogen) atoms. The van der Waals surface area contributed by atoms with Crippen LogP contribution in [-0.2, 0) is 4.79 Å². The molecule has 0 heterocycles. The summed E-state index contributed by atoms with van der Waals surface area (Å²) in [6.45, 7) is 18.5. The Morgan fingerprint density at radius 2 is 1.61 bits per heavy atom. The highest BCUT2D eigenvalue weighted by molar-refractivity contribution is 5.88. The standard InChI is InChI=1S/C40H60N2O4/c1-25(2)28-15-20-40(35(45)41-23-24-42(8)46)22-21-38(6)30(33(28)40)13-14-32-37(5)18-16-29(26-9-11-27(12-10-26)34(43)44)36(3,4)31(37)17-19-39(32,38)7/h9-12,16,25,28,30-33,46H,13-15,17-24H2,1-8H3,(H,41,45)(H,43,44)/t28-,30+,31-,32+,33+,37-,38+,39+,40-/m0/s1. The Bertz CT molecular complexity index is 1380. The second-order valence-corrected chi connectivity index (χ2v) is 17.9. The molecule has 254 valence electrons. The van der Waals surface area contributed by atoms with Crippen LogP contribution in [0.4, 0.5) is 0 Å². The number of carbonyl (C=O) groups excluding carboxylic acids is 1. The second-order valence-electron chi connectivity index (χ2n) is 17.9. The van der Waals surface area contributed by atoms with Gasteiger partial charge in [0.25, 0.3) is 0 Å². The van der Waals surface area contributed by atoms with E-state index in [1.165, 1.54) is 31.3 Å². The molecule has 4 saturated carbocycles. The van der Waals surface area contributed by atoms with E-state index in [1.54, 1.807) is 19.2 Å². The van der Waals surface area contributed by atoms with Crippen molar-refractivity contribution in [3.8, 4) is 0 Å². The lowest BCUT2D eigenvalue weighted by Gasteiger charge is -2.72. The first-order valence-electron chi connectivity index (χ1n) is 18.3. The van der Waals surface area contributed by atoms with E-state index in [0.717, 1.165) is 42.7 Å². The Morgan fingerprint density at radius 3 is 2.24 bits per heavy atom. The topological polar surface area (TPSA) is 89.9 Å². The van der Waals surface area contributed by atoms with Gasteiger partial charge in [-0.05, 0) is 138 Å². The Kier molecular flexibility index (Phi) is 8.40. The van der Waals surface area contributed by atoms with Crippen LogP contribution in [0.2, 0.25) is 0 Å². The predicted molar refractivity (Wildman–Crippen MR) is 183 cm³/mol. The average molecular weight is 633 g/mol. The highest BCUT2D eigenvalue weighted by Gasteiger charge is 2.71. The Balaban J connectivity index is 1.32. The van der Waals surface area contributed by atoms with Crippen molar-refractivity contribution in [2.45, 2.75) is 106 Å². The van der Waals surface area contributed by atoms with E-state index in [-0.39, 0.29) is 33.0 Å². The van der Waals surface area contributed by atoms with Crippen molar-refractivity contribution < 1.29 is 19.9 Å². The molecule has 0 spiro atoms. The van der Waals surface area contributed by atoms with Crippen LogP contribution in [0.5, 0.6) is 0 Å². The molecule has 0 bridgehead atoms. The van der Waals surface area contributed by atoms with Gasteiger partial charge < -0.3 is 15.6 Å². The number of allylic oxidation sites excluding steroid dienone is 2. The number of rotatable bonds is 7. The number of hydrogen-bond donors (Lipinski definition) is 3. The molecule has 6 rings (SSSR count). The summed E-state index contributed by atoms with van der Waals surface area (Å²) in [5.74, 6) is 2.68. The summed E-state index contributed by atoms with van der Waals surface area (Å²) in [4.78, 5) is 25.7. The first-order valence-corrected chi connectivity index (χ1v) is 18.3. The summed E-state index contributed by atoms with van der Waals surface area (Å²) in [5.41, 5.74) is 3.21. The molecule has 1 aromatic carbocycles. The van der Waals surface area contributed by atoms with Gasteiger partial charge in [-0.3, -0.25) is 4.79 Å². The Hall–Kier alpha value is -2.18. The molecule has 9 atom stereocenters. The maximum absolute atomic E-state index is 14.2. The number of likely N-dealkylation sites (N-methyl/N-ethyl adjacent to an activating group) is 1. The van der Waals surface area contributed by atoms with E-state index in [2.05, 4.69) is 59.9 Å². The lowest BCUT2D eigenvalue weighted by Crippen LogP contribution is -2.66. The highest BCUT2D eigenvalue weighted by Crippen LogP contribution is 2.77. The van der Waals surface area contributed by atoms with Gasteiger partial charge in [-0.25, -0.2) is 4.79 Å². The van der Waals surface area contributed by atoms with Gasteiger partial charge in [0, 0.05) is 20.1 Å². The summed E-state index contributed by atoms with van der Waals surface area (Å²) in [5, 5.41) is 23.6. The van der Waals surface area contributed by atoms with Gasteiger partial charge in [-0.1, -0.05) is 66.7 Å². The third-order valence-corrected chi connectivity index (χ3v) is 15.5. The average Bonchev–Trinajstić information content (AvgIpc) is 3.38. The molecule has 3 N–H and O–H groups in total. The molecular weight excluding hydrogens is 572 g/mol. The number of nitrogens with zero attached hydrogens (tertiary/aromatic N) is 1. The number of hydroxylamine groups is 2. The molecule has 4 fully saturated rings. The Labute approximate surface area is 277 Å². The number of carboxylic acids is 1. The SMILES string of the molecule is CC(C)[C@@H]1CC[C@]2(C(=O)NCCN(C)O)CC[C@]3(C)[C@H](CC[C@@H]4[C@@]5(C)CC=C(c6ccc(C(=O)O)cc6)C(C)(C)[C@@H]5CC[C@]43C)[C@@H]12. The van der Waals surface area contributed by atoms with Crippen LogP contribution in [0.3, 0.4) is 0 Å². The first kappa shape index (κ1) is 33.7. The van der Waals surface area contributed by atoms with Crippen molar-refractivity contribution in [2.24, 2.45) is 62.6 Å². The molecule has 6 nitrogen and oxygen atoms in total. The fraction of sp³-hybridized carbons (Fsp3) is 0.750. The number of nitrogens with one attached hydrogen (secondary N) is 1. The third-order valence-electron chi connectivity index (χ3n) is 15.5. The van der Waals surface area contributed by atoms with Crippen molar-refractivity contribution in [3.63, 3.8) is 0 Å². The number of benzene rings is 1. The van der Waals surface area contributed by atoms with Gasteiger partial charge in [0.15, 0.2) is 0 Å². The van der Waals surface area contributed by atoms with Gasteiger partial charge in [0.05, 0.1) is 11.0 Å². The van der Waals surface area contributed by atoms with Crippen LogP contribution >= 0.6 is 0 Å². The van der Waals surface area contributed by atoms with Crippen molar-refractivity contribution in [1.82, 2.24) is 10.4 Å². The quantitative estimate of drug-likeness (QED) is 0.262. The van der Waals surface area contributed by atoms with Gasteiger partial charge in [-0.15, -0.1) is 0 Å². The van der Waals surface area contributed by atoms with E-state index in [9.17, 15) is 19.9 Å². The van der Waals surface area contributed by atoms with Gasteiger partial charge in [0.1, 0.15) is 0 Å². The number of hydrogen-bond acceptors (Lipinski definition) is 4. The van der Waals surface area contributed by atoms with E-state index >= 15 is 0 Å². The molecular formula is C40H60N2O4. The van der Waals surface area contributed by atoms with E-state index in [0.29, 0.717) is 54.2 Å². The molecule has 6 heteroatoms. The van der Waals surface area contributed by atoms with Crippen molar-refractivity contribution in [3.05, 3.63) is 41.5 Å². The maximum atomic E-state index is 14.2. The number of amides is 1. The minimum atomic E-state index is -0.876. The number of aromatic carboxylic acids is 1. The predicted octanol–water partition coefficient (Wildman–Crippen LogP) is 8.55. The van der Waals surface area contributed by atoms with Crippen LogP contribution in [-0.4, -0.2) is 47.4 Å². The molecule has 5 aliphatic carbocycles. The molecule has 0 radical (unpaired) electrons. The molecule has 0 aromatic heterocycles. The van der Waals surface area contributed by atoms with Crippen molar-refractivity contribution >= 4 is 17.4 Å². The van der Waals surface area contributed by atoms with Crippen LogP contribution in [0, 0.1) is 62.6 Å². The lowest BCUT2D eigenvalue weighted by atomic mass is 9.32.